The van der Waals surface area contributed by atoms with Gasteiger partial charge in [0.15, 0.2) is 22.9 Å². The zero-order valence-electron chi connectivity index (χ0n) is 22.3. The first-order chi connectivity index (χ1) is 18.9. The van der Waals surface area contributed by atoms with E-state index in [-0.39, 0.29) is 25.4 Å². The minimum absolute atomic E-state index is 0.212. The Morgan fingerprint density at radius 3 is 2.41 bits per heavy atom. The molecule has 4 rings (SSSR count). The van der Waals surface area contributed by atoms with E-state index in [1.165, 1.54) is 11.3 Å². The predicted octanol–water partition coefficient (Wildman–Crippen LogP) is 3.14. The van der Waals surface area contributed by atoms with Gasteiger partial charge < -0.3 is 18.9 Å². The van der Waals surface area contributed by atoms with Crippen molar-refractivity contribution < 1.29 is 28.5 Å². The maximum absolute atomic E-state index is 13.8. The number of nitrogens with zero attached hydrogens (tertiary/aromatic N) is 2. The number of hydrogen-bond donors (Lipinski definition) is 0. The lowest BCUT2D eigenvalue weighted by Crippen LogP contribution is -2.39. The number of allylic oxidation sites excluding steroid dienone is 1. The number of fused-ring (bicyclic) bond motifs is 1. The van der Waals surface area contributed by atoms with Crippen molar-refractivity contribution in [2.75, 3.05) is 26.4 Å². The van der Waals surface area contributed by atoms with Crippen LogP contribution in [0.2, 0.25) is 0 Å². The Morgan fingerprint density at radius 1 is 0.974 bits per heavy atom. The van der Waals surface area contributed by atoms with Gasteiger partial charge in [0.2, 0.25) is 0 Å². The molecule has 0 unspecified atom stereocenters. The molecule has 1 aliphatic heterocycles. The van der Waals surface area contributed by atoms with Crippen molar-refractivity contribution in [2.45, 2.75) is 33.7 Å². The summed E-state index contributed by atoms with van der Waals surface area (Å²) in [5.74, 6) is -0.148. The molecule has 0 bridgehead atoms. The highest BCUT2D eigenvalue weighted by Crippen LogP contribution is 2.31. The quantitative estimate of drug-likeness (QED) is 0.357. The van der Waals surface area contributed by atoms with Crippen LogP contribution in [-0.4, -0.2) is 42.9 Å². The van der Waals surface area contributed by atoms with Gasteiger partial charge in [-0.1, -0.05) is 47.7 Å². The highest BCUT2D eigenvalue weighted by atomic mass is 32.1. The van der Waals surface area contributed by atoms with Crippen LogP contribution in [0.5, 0.6) is 11.5 Å². The van der Waals surface area contributed by atoms with E-state index in [4.69, 9.17) is 18.9 Å². The van der Waals surface area contributed by atoms with Gasteiger partial charge in [0.05, 0.1) is 41.7 Å². The molecule has 2 aromatic carbocycles. The lowest BCUT2D eigenvalue weighted by Gasteiger charge is -2.24. The Hall–Kier alpha value is -4.18. The van der Waals surface area contributed by atoms with Crippen LogP contribution >= 0.6 is 11.3 Å². The van der Waals surface area contributed by atoms with Crippen LogP contribution in [0.25, 0.3) is 6.08 Å². The number of aromatic nitrogens is 1. The van der Waals surface area contributed by atoms with E-state index < -0.39 is 18.0 Å². The van der Waals surface area contributed by atoms with Crippen LogP contribution < -0.4 is 24.4 Å². The first-order valence-corrected chi connectivity index (χ1v) is 13.5. The van der Waals surface area contributed by atoms with Crippen molar-refractivity contribution in [3.8, 4) is 11.5 Å². The highest BCUT2D eigenvalue weighted by Gasteiger charge is 2.33. The summed E-state index contributed by atoms with van der Waals surface area (Å²) in [7, 11) is 0. The summed E-state index contributed by atoms with van der Waals surface area (Å²) < 4.78 is 23.5. The number of carbonyl (C=O) groups is 2. The van der Waals surface area contributed by atoms with Crippen molar-refractivity contribution in [3.05, 3.63) is 90.6 Å². The zero-order chi connectivity index (χ0) is 27.9. The molecule has 1 atom stereocenters. The minimum atomic E-state index is -0.665. The summed E-state index contributed by atoms with van der Waals surface area (Å²) in [5.41, 5.74) is 2.05. The van der Waals surface area contributed by atoms with Crippen molar-refractivity contribution in [2.24, 2.45) is 4.99 Å². The third-order valence-electron chi connectivity index (χ3n) is 5.85. The van der Waals surface area contributed by atoms with E-state index in [2.05, 4.69) is 4.99 Å². The van der Waals surface area contributed by atoms with Gasteiger partial charge in [-0.25, -0.2) is 14.6 Å². The summed E-state index contributed by atoms with van der Waals surface area (Å²) >= 11 is 1.24. The maximum Gasteiger partial charge on any atom is 0.344 e. The van der Waals surface area contributed by atoms with Gasteiger partial charge in [0.25, 0.3) is 5.56 Å². The Labute approximate surface area is 229 Å². The van der Waals surface area contributed by atoms with Gasteiger partial charge in [0, 0.05) is 0 Å². The molecule has 0 radical (unpaired) electrons. The van der Waals surface area contributed by atoms with E-state index in [0.29, 0.717) is 44.3 Å². The average molecular weight is 551 g/mol. The van der Waals surface area contributed by atoms with E-state index in [1.54, 1.807) is 49.6 Å². The van der Waals surface area contributed by atoms with Gasteiger partial charge in [-0.3, -0.25) is 9.36 Å². The number of benzene rings is 2. The van der Waals surface area contributed by atoms with Gasteiger partial charge in [-0.15, -0.1) is 0 Å². The van der Waals surface area contributed by atoms with E-state index in [0.717, 1.165) is 5.56 Å². The molecule has 0 fully saturated rings. The number of hydrogen-bond acceptors (Lipinski definition) is 9. The Bertz CT molecular complexity index is 1570. The Morgan fingerprint density at radius 2 is 1.72 bits per heavy atom. The van der Waals surface area contributed by atoms with Crippen molar-refractivity contribution in [1.29, 1.82) is 0 Å². The number of esters is 2. The van der Waals surface area contributed by atoms with Crippen LogP contribution in [0.3, 0.4) is 0 Å². The van der Waals surface area contributed by atoms with Crippen LogP contribution in [0.1, 0.15) is 44.9 Å². The fourth-order valence-electron chi connectivity index (χ4n) is 4.23. The van der Waals surface area contributed by atoms with Crippen LogP contribution in [0, 0.1) is 0 Å². The summed E-state index contributed by atoms with van der Waals surface area (Å²) in [6.07, 6.45) is 1.74. The third kappa shape index (κ3) is 6.12. The number of carbonyl (C=O) groups excluding carboxylic acids is 2. The largest absolute Gasteiger partial charge is 0.490 e. The molecule has 2 heterocycles. The van der Waals surface area contributed by atoms with Crippen molar-refractivity contribution in [1.82, 2.24) is 4.57 Å². The first kappa shape index (κ1) is 27.8. The molecule has 10 heteroatoms. The lowest BCUT2D eigenvalue weighted by molar-refractivity contribution is -0.145. The summed E-state index contributed by atoms with van der Waals surface area (Å²) in [6.45, 7) is 7.68. The summed E-state index contributed by atoms with van der Waals surface area (Å²) in [5, 5.41) is 0. The molecule has 0 spiro atoms. The fourth-order valence-corrected chi connectivity index (χ4v) is 5.28. The van der Waals surface area contributed by atoms with Crippen LogP contribution in [0.4, 0.5) is 0 Å². The highest BCUT2D eigenvalue weighted by molar-refractivity contribution is 7.07. The summed E-state index contributed by atoms with van der Waals surface area (Å²) in [6, 6.07) is 13.9. The van der Waals surface area contributed by atoms with Crippen LogP contribution in [0.15, 0.2) is 69.6 Å². The van der Waals surface area contributed by atoms with Gasteiger partial charge in [0.1, 0.15) is 0 Å². The van der Waals surface area contributed by atoms with E-state index in [1.807, 2.05) is 37.3 Å². The molecule has 3 aromatic rings. The van der Waals surface area contributed by atoms with Crippen molar-refractivity contribution in [3.63, 3.8) is 0 Å². The second-order valence-corrected chi connectivity index (χ2v) is 9.45. The predicted molar refractivity (Wildman–Crippen MR) is 147 cm³/mol. The molecular weight excluding hydrogens is 520 g/mol. The first-order valence-electron chi connectivity index (χ1n) is 12.7. The molecule has 0 amide bonds. The normalized spacial score (nSPS) is 14.9. The average Bonchev–Trinajstić information content (AvgIpc) is 3.22. The minimum Gasteiger partial charge on any atom is -0.490 e. The molecular formula is C29H30N2O7S. The standard InChI is InChI=1S/C29H30N2O7S/c1-5-35-22-15-19(13-14-21(22)38-17-24(32)36-6-2)16-23-27(33)31-26(20-11-9-8-10-12-20)25(28(34)37-7-3)18(4)30-29(31)39-23/h8-16,26H,5-7,17H2,1-4H3/b23-16-/t26-/m0/s1. The molecule has 0 aliphatic carbocycles. The molecule has 1 aromatic heterocycles. The third-order valence-corrected chi connectivity index (χ3v) is 6.83. The van der Waals surface area contributed by atoms with Crippen molar-refractivity contribution >= 4 is 29.4 Å². The van der Waals surface area contributed by atoms with Gasteiger partial charge in [-0.2, -0.15) is 0 Å². The Kier molecular flexibility index (Phi) is 8.98. The zero-order valence-corrected chi connectivity index (χ0v) is 23.1. The number of rotatable bonds is 10. The number of thiazole rings is 1. The Balaban J connectivity index is 1.78. The second kappa shape index (κ2) is 12.6. The second-order valence-electron chi connectivity index (χ2n) is 8.45. The number of ether oxygens (including phenoxy) is 4. The van der Waals surface area contributed by atoms with E-state index >= 15 is 0 Å². The molecule has 0 saturated heterocycles. The SMILES string of the molecule is CCOC(=O)COc1ccc(/C=c2\sc3n(c2=O)[C@@H](c2ccccc2)C(C(=O)OCC)=C(C)N=3)cc1OCC. The molecule has 0 N–H and O–H groups in total. The maximum atomic E-state index is 13.8. The van der Waals surface area contributed by atoms with Gasteiger partial charge in [-0.05, 0) is 57.0 Å². The molecule has 204 valence electrons. The van der Waals surface area contributed by atoms with Gasteiger partial charge >= 0.3 is 11.9 Å². The fraction of sp³-hybridized carbons (Fsp3) is 0.310. The molecule has 9 nitrogen and oxygen atoms in total. The molecule has 0 saturated carbocycles. The smallest absolute Gasteiger partial charge is 0.344 e. The topological polar surface area (TPSA) is 105 Å². The lowest BCUT2D eigenvalue weighted by atomic mass is 9.96. The molecule has 39 heavy (non-hydrogen) atoms. The molecule has 1 aliphatic rings. The van der Waals surface area contributed by atoms with E-state index in [9.17, 15) is 14.4 Å². The van der Waals surface area contributed by atoms with Crippen LogP contribution in [-0.2, 0) is 19.1 Å². The summed E-state index contributed by atoms with van der Waals surface area (Å²) in [4.78, 5) is 43.5. The monoisotopic (exact) mass is 550 g/mol.